The van der Waals surface area contributed by atoms with E-state index in [-0.39, 0.29) is 22.8 Å². The van der Waals surface area contributed by atoms with E-state index in [4.69, 9.17) is 4.74 Å². The van der Waals surface area contributed by atoms with Crippen molar-refractivity contribution in [3.05, 3.63) is 88.3 Å². The largest absolute Gasteiger partial charge is 0.455 e. The van der Waals surface area contributed by atoms with E-state index in [0.29, 0.717) is 12.4 Å². The molecule has 0 atom stereocenters. The third-order valence-corrected chi connectivity index (χ3v) is 4.49. The fraction of sp³-hybridized carbons (Fsp3) is 0.143. The lowest BCUT2D eigenvalue weighted by Gasteiger charge is -2.09. The SMILES string of the molecule is Cc1cc(C)n(Cn2ccc(C(=O)Nc3cc(Oc4cccnc4)cc([N+](=O)[O-])c3)n2)n1. The molecule has 0 aliphatic carbocycles. The number of nitrogens with zero attached hydrogens (tertiary/aromatic N) is 6. The summed E-state index contributed by atoms with van der Waals surface area (Å²) < 4.78 is 8.99. The zero-order valence-corrected chi connectivity index (χ0v) is 17.3. The third kappa shape index (κ3) is 4.78. The van der Waals surface area contributed by atoms with E-state index in [1.807, 2.05) is 19.9 Å². The molecule has 0 bridgehead atoms. The van der Waals surface area contributed by atoms with Crippen LogP contribution in [0.1, 0.15) is 21.9 Å². The summed E-state index contributed by atoms with van der Waals surface area (Å²) in [5.74, 6) is 0.0932. The molecule has 32 heavy (non-hydrogen) atoms. The number of aryl methyl sites for hydroxylation is 2. The van der Waals surface area contributed by atoms with Crippen molar-refractivity contribution in [3.8, 4) is 11.5 Å². The number of hydrogen-bond donors (Lipinski definition) is 1. The molecule has 0 radical (unpaired) electrons. The van der Waals surface area contributed by atoms with E-state index in [1.165, 1.54) is 24.4 Å². The van der Waals surface area contributed by atoms with Gasteiger partial charge in [-0.25, -0.2) is 4.68 Å². The first-order valence-electron chi connectivity index (χ1n) is 9.60. The fourth-order valence-electron chi connectivity index (χ4n) is 3.08. The molecule has 0 fully saturated rings. The van der Waals surface area contributed by atoms with Gasteiger partial charge in [-0.3, -0.25) is 24.6 Å². The van der Waals surface area contributed by atoms with Crippen molar-refractivity contribution >= 4 is 17.3 Å². The Bertz CT molecular complexity index is 1280. The Labute approximate surface area is 182 Å². The average Bonchev–Trinajstić information content (AvgIpc) is 3.34. The second kappa shape index (κ2) is 8.68. The monoisotopic (exact) mass is 433 g/mol. The van der Waals surface area contributed by atoms with E-state index in [9.17, 15) is 14.9 Å². The van der Waals surface area contributed by atoms with E-state index < -0.39 is 10.8 Å². The highest BCUT2D eigenvalue weighted by Crippen LogP contribution is 2.29. The zero-order chi connectivity index (χ0) is 22.7. The Kier molecular flexibility index (Phi) is 5.62. The molecule has 0 saturated carbocycles. The second-order valence-electron chi connectivity index (χ2n) is 7.03. The zero-order valence-electron chi connectivity index (χ0n) is 17.3. The third-order valence-electron chi connectivity index (χ3n) is 4.49. The molecule has 3 heterocycles. The Morgan fingerprint density at radius 3 is 2.69 bits per heavy atom. The van der Waals surface area contributed by atoms with Gasteiger partial charge in [0.15, 0.2) is 5.69 Å². The molecule has 0 saturated heterocycles. The van der Waals surface area contributed by atoms with E-state index in [0.717, 1.165) is 11.4 Å². The van der Waals surface area contributed by atoms with Gasteiger partial charge < -0.3 is 10.1 Å². The number of carbonyl (C=O) groups is 1. The van der Waals surface area contributed by atoms with Crippen molar-refractivity contribution in [2.45, 2.75) is 20.5 Å². The Hall–Kier alpha value is -4.54. The summed E-state index contributed by atoms with van der Waals surface area (Å²) >= 11 is 0. The minimum Gasteiger partial charge on any atom is -0.455 e. The van der Waals surface area contributed by atoms with Crippen LogP contribution >= 0.6 is 0 Å². The number of amides is 1. The maximum atomic E-state index is 12.7. The summed E-state index contributed by atoms with van der Waals surface area (Å²) in [4.78, 5) is 27.4. The van der Waals surface area contributed by atoms with Crippen molar-refractivity contribution in [2.24, 2.45) is 0 Å². The molecule has 4 rings (SSSR count). The van der Waals surface area contributed by atoms with E-state index >= 15 is 0 Å². The Morgan fingerprint density at radius 1 is 1.16 bits per heavy atom. The van der Waals surface area contributed by atoms with Crippen molar-refractivity contribution in [3.63, 3.8) is 0 Å². The molecule has 11 nitrogen and oxygen atoms in total. The Balaban J connectivity index is 1.51. The smallest absolute Gasteiger partial charge is 0.276 e. The first kappa shape index (κ1) is 20.7. The van der Waals surface area contributed by atoms with E-state index in [2.05, 4.69) is 20.5 Å². The highest BCUT2D eigenvalue weighted by molar-refractivity contribution is 6.03. The average molecular weight is 433 g/mol. The van der Waals surface area contributed by atoms with Gasteiger partial charge in [0.1, 0.15) is 18.2 Å². The highest BCUT2D eigenvalue weighted by atomic mass is 16.6. The number of carbonyl (C=O) groups excluding carboxylic acids is 1. The summed E-state index contributed by atoms with van der Waals surface area (Å²) in [6.45, 7) is 4.19. The predicted molar refractivity (Wildman–Crippen MR) is 115 cm³/mol. The number of hydrogen-bond acceptors (Lipinski definition) is 7. The molecule has 4 aromatic rings. The van der Waals surface area contributed by atoms with Crippen LogP contribution in [-0.4, -0.2) is 35.4 Å². The first-order chi connectivity index (χ1) is 15.4. The fourth-order valence-corrected chi connectivity index (χ4v) is 3.08. The number of pyridine rings is 1. The van der Waals surface area contributed by atoms with Crippen LogP contribution < -0.4 is 10.1 Å². The minimum atomic E-state index is -0.561. The van der Waals surface area contributed by atoms with E-state index in [1.54, 1.807) is 40.0 Å². The number of rotatable bonds is 7. The lowest BCUT2D eigenvalue weighted by atomic mass is 10.2. The summed E-state index contributed by atoms with van der Waals surface area (Å²) in [5.41, 5.74) is 2.00. The number of nitro groups is 1. The summed E-state index contributed by atoms with van der Waals surface area (Å²) in [5, 5.41) is 22.6. The molecule has 0 aliphatic rings. The molecule has 0 aliphatic heterocycles. The second-order valence-corrected chi connectivity index (χ2v) is 7.03. The van der Waals surface area contributed by atoms with Gasteiger partial charge in [-0.15, -0.1) is 0 Å². The first-order valence-corrected chi connectivity index (χ1v) is 9.60. The molecule has 1 amide bonds. The number of non-ortho nitro benzene ring substituents is 1. The number of nitro benzene ring substituents is 1. The van der Waals surface area contributed by atoms with Gasteiger partial charge in [-0.2, -0.15) is 10.2 Å². The Morgan fingerprint density at radius 2 is 2.00 bits per heavy atom. The van der Waals surface area contributed by atoms with Gasteiger partial charge in [0, 0.05) is 30.2 Å². The van der Waals surface area contributed by atoms with Crippen LogP contribution in [0.4, 0.5) is 11.4 Å². The summed E-state index contributed by atoms with van der Waals surface area (Å²) in [6.07, 6.45) is 4.72. The maximum Gasteiger partial charge on any atom is 0.276 e. The molecule has 0 spiro atoms. The van der Waals surface area contributed by atoms with Crippen LogP contribution in [0, 0.1) is 24.0 Å². The lowest BCUT2D eigenvalue weighted by Crippen LogP contribution is -2.15. The van der Waals surface area contributed by atoms with Crippen LogP contribution in [0.25, 0.3) is 0 Å². The number of ether oxygens (including phenoxy) is 1. The summed E-state index contributed by atoms with van der Waals surface area (Å²) in [7, 11) is 0. The number of anilines is 1. The van der Waals surface area contributed by atoms with Gasteiger partial charge in [0.25, 0.3) is 11.6 Å². The minimum absolute atomic E-state index is 0.160. The highest BCUT2D eigenvalue weighted by Gasteiger charge is 2.16. The van der Waals surface area contributed by atoms with Crippen molar-refractivity contribution in [1.29, 1.82) is 0 Å². The predicted octanol–water partition coefficient (Wildman–Crippen LogP) is 3.55. The number of aromatic nitrogens is 5. The van der Waals surface area contributed by atoms with Crippen LogP contribution in [0.5, 0.6) is 11.5 Å². The topological polar surface area (TPSA) is 130 Å². The number of benzene rings is 1. The molecule has 162 valence electrons. The molecule has 1 N–H and O–H groups in total. The molecule has 0 unspecified atom stereocenters. The molecule has 1 aromatic carbocycles. The van der Waals surface area contributed by atoms with Gasteiger partial charge in [-0.1, -0.05) is 0 Å². The molecule has 11 heteroatoms. The standard InChI is InChI=1S/C21H19N7O4/c1-14-8-15(2)27(24-14)13-26-7-5-20(25-26)21(29)23-16-9-17(28(30)31)11-19(10-16)32-18-4-3-6-22-12-18/h3-12H,13H2,1-2H3,(H,23,29). The maximum absolute atomic E-state index is 12.7. The molecule has 3 aromatic heterocycles. The van der Waals surface area contributed by atoms with Gasteiger partial charge in [0.05, 0.1) is 28.6 Å². The molecular formula is C21H19N7O4. The van der Waals surface area contributed by atoms with Gasteiger partial charge in [0.2, 0.25) is 0 Å². The van der Waals surface area contributed by atoms with Gasteiger partial charge in [-0.05, 0) is 38.1 Å². The normalized spacial score (nSPS) is 10.7. The van der Waals surface area contributed by atoms with Crippen molar-refractivity contribution < 1.29 is 14.5 Å². The van der Waals surface area contributed by atoms with Crippen LogP contribution in [0.3, 0.4) is 0 Å². The van der Waals surface area contributed by atoms with Crippen LogP contribution in [0.2, 0.25) is 0 Å². The van der Waals surface area contributed by atoms with Crippen LogP contribution in [0.15, 0.2) is 61.1 Å². The van der Waals surface area contributed by atoms with Crippen LogP contribution in [-0.2, 0) is 6.67 Å². The summed E-state index contributed by atoms with van der Waals surface area (Å²) in [6, 6.07) is 10.9. The van der Waals surface area contributed by atoms with Crippen molar-refractivity contribution in [1.82, 2.24) is 24.5 Å². The van der Waals surface area contributed by atoms with Gasteiger partial charge >= 0.3 is 0 Å². The van der Waals surface area contributed by atoms with Crippen molar-refractivity contribution in [2.75, 3.05) is 5.32 Å². The molecular weight excluding hydrogens is 414 g/mol. The lowest BCUT2D eigenvalue weighted by molar-refractivity contribution is -0.384. The number of nitrogens with one attached hydrogen (secondary N) is 1. The quantitative estimate of drug-likeness (QED) is 0.348.